The summed E-state index contributed by atoms with van der Waals surface area (Å²) in [5.74, 6) is 0.642. The molecule has 0 bridgehead atoms. The number of allylic oxidation sites excluding steroid dienone is 1. The molecule has 0 aromatic carbocycles. The highest BCUT2D eigenvalue weighted by Gasteiger charge is 2.25. The van der Waals surface area contributed by atoms with E-state index in [4.69, 9.17) is 4.74 Å². The lowest BCUT2D eigenvalue weighted by Crippen LogP contribution is -2.30. The predicted octanol–water partition coefficient (Wildman–Crippen LogP) is 2.52. The van der Waals surface area contributed by atoms with E-state index in [1.807, 2.05) is 13.0 Å². The minimum atomic E-state index is -0.518. The van der Waals surface area contributed by atoms with Gasteiger partial charge in [0.1, 0.15) is 0 Å². The fourth-order valence-corrected chi connectivity index (χ4v) is 2.09. The number of rotatable bonds is 5. The van der Waals surface area contributed by atoms with Crippen LogP contribution >= 0.6 is 0 Å². The molecule has 0 spiro atoms. The van der Waals surface area contributed by atoms with E-state index in [9.17, 15) is 5.11 Å². The number of aliphatic hydroxyl groups is 1. The Hall–Kier alpha value is -0.340. The maximum atomic E-state index is 10.1. The van der Waals surface area contributed by atoms with Gasteiger partial charge in [-0.3, -0.25) is 0 Å². The Balaban J connectivity index is 2.28. The van der Waals surface area contributed by atoms with Gasteiger partial charge in [0, 0.05) is 13.2 Å². The van der Waals surface area contributed by atoms with Gasteiger partial charge < -0.3 is 9.84 Å². The van der Waals surface area contributed by atoms with Crippen LogP contribution in [-0.4, -0.2) is 23.9 Å². The van der Waals surface area contributed by atoms with Crippen LogP contribution in [0.15, 0.2) is 12.7 Å². The Kier molecular flexibility index (Phi) is 4.63. The second kappa shape index (κ2) is 5.52. The molecule has 82 valence electrons. The Morgan fingerprint density at radius 2 is 2.14 bits per heavy atom. The van der Waals surface area contributed by atoms with Crippen LogP contribution in [0.25, 0.3) is 0 Å². The maximum Gasteiger partial charge on any atom is 0.0625 e. The normalized spacial score (nSPS) is 23.0. The summed E-state index contributed by atoms with van der Waals surface area (Å²) >= 11 is 0. The summed E-state index contributed by atoms with van der Waals surface area (Å²) in [5.41, 5.74) is -0.518. The van der Waals surface area contributed by atoms with Crippen molar-refractivity contribution in [2.45, 2.75) is 44.6 Å². The van der Waals surface area contributed by atoms with Crippen molar-refractivity contribution in [2.24, 2.45) is 5.92 Å². The summed E-state index contributed by atoms with van der Waals surface area (Å²) in [7, 11) is 0. The summed E-state index contributed by atoms with van der Waals surface area (Å²) in [6.45, 7) is 7.34. The van der Waals surface area contributed by atoms with E-state index in [-0.39, 0.29) is 0 Å². The van der Waals surface area contributed by atoms with Crippen LogP contribution in [0, 0.1) is 5.92 Å². The first-order valence-corrected chi connectivity index (χ1v) is 5.55. The average Bonchev–Trinajstić information content (AvgIpc) is 2.16. The molecule has 2 heteroatoms. The number of ether oxygens (including phenoxy) is 1. The second-order valence-corrected chi connectivity index (χ2v) is 4.58. The number of hydrogen-bond donors (Lipinski definition) is 1. The standard InChI is InChI=1S/C12H22O2/c1-3-4-7-12(2,13)10-11-5-8-14-9-6-11/h3,11,13H,1,4-10H2,2H3. The summed E-state index contributed by atoms with van der Waals surface area (Å²) < 4.78 is 5.30. The first-order chi connectivity index (χ1) is 6.64. The third-order valence-corrected chi connectivity index (χ3v) is 2.96. The molecule has 1 rings (SSSR count). The molecule has 1 saturated heterocycles. The molecule has 0 saturated carbocycles. The van der Waals surface area contributed by atoms with Crippen LogP contribution in [0.2, 0.25) is 0 Å². The molecule has 1 aliphatic heterocycles. The molecule has 1 fully saturated rings. The Morgan fingerprint density at radius 1 is 1.50 bits per heavy atom. The van der Waals surface area contributed by atoms with Crippen molar-refractivity contribution in [1.82, 2.24) is 0 Å². The van der Waals surface area contributed by atoms with Crippen molar-refractivity contribution in [2.75, 3.05) is 13.2 Å². The average molecular weight is 198 g/mol. The van der Waals surface area contributed by atoms with Crippen LogP contribution in [0.5, 0.6) is 0 Å². The monoisotopic (exact) mass is 198 g/mol. The number of hydrogen-bond acceptors (Lipinski definition) is 2. The molecule has 0 amide bonds. The van der Waals surface area contributed by atoms with E-state index in [1.54, 1.807) is 0 Å². The van der Waals surface area contributed by atoms with E-state index >= 15 is 0 Å². The van der Waals surface area contributed by atoms with E-state index in [0.29, 0.717) is 5.92 Å². The first kappa shape index (κ1) is 11.7. The minimum absolute atomic E-state index is 0.518. The van der Waals surface area contributed by atoms with Gasteiger partial charge in [0.15, 0.2) is 0 Å². The lowest BCUT2D eigenvalue weighted by Gasteiger charge is -2.30. The highest BCUT2D eigenvalue weighted by atomic mass is 16.5. The van der Waals surface area contributed by atoms with Gasteiger partial charge in [0.2, 0.25) is 0 Å². The fraction of sp³-hybridized carbons (Fsp3) is 0.833. The molecule has 2 nitrogen and oxygen atoms in total. The van der Waals surface area contributed by atoms with Gasteiger partial charge in [-0.15, -0.1) is 6.58 Å². The largest absolute Gasteiger partial charge is 0.390 e. The molecule has 1 aliphatic rings. The summed E-state index contributed by atoms with van der Waals surface area (Å²) in [5, 5.41) is 10.1. The van der Waals surface area contributed by atoms with E-state index in [0.717, 1.165) is 45.3 Å². The van der Waals surface area contributed by atoms with Gasteiger partial charge in [0.05, 0.1) is 5.60 Å². The lowest BCUT2D eigenvalue weighted by atomic mass is 9.84. The van der Waals surface area contributed by atoms with E-state index < -0.39 is 5.60 Å². The van der Waals surface area contributed by atoms with Crippen molar-refractivity contribution in [3.63, 3.8) is 0 Å². The van der Waals surface area contributed by atoms with Crippen molar-refractivity contribution >= 4 is 0 Å². The molecule has 0 radical (unpaired) electrons. The van der Waals surface area contributed by atoms with Gasteiger partial charge >= 0.3 is 0 Å². The molecule has 1 N–H and O–H groups in total. The third-order valence-electron chi connectivity index (χ3n) is 2.96. The van der Waals surface area contributed by atoms with Crippen LogP contribution in [-0.2, 0) is 4.74 Å². The van der Waals surface area contributed by atoms with Gasteiger partial charge in [-0.05, 0) is 44.9 Å². The topological polar surface area (TPSA) is 29.5 Å². The second-order valence-electron chi connectivity index (χ2n) is 4.58. The smallest absolute Gasteiger partial charge is 0.0625 e. The zero-order valence-electron chi connectivity index (χ0n) is 9.17. The summed E-state index contributed by atoms with van der Waals surface area (Å²) in [6.07, 6.45) is 6.71. The quantitative estimate of drug-likeness (QED) is 0.688. The highest BCUT2D eigenvalue weighted by Crippen LogP contribution is 2.28. The molecule has 1 heterocycles. The zero-order valence-corrected chi connectivity index (χ0v) is 9.17. The SMILES string of the molecule is C=CCCC(C)(O)CC1CCOCC1. The zero-order chi connectivity index (χ0) is 10.4. The Labute approximate surface area is 87.0 Å². The molecular formula is C12H22O2. The van der Waals surface area contributed by atoms with Gasteiger partial charge in [-0.1, -0.05) is 6.08 Å². The molecule has 14 heavy (non-hydrogen) atoms. The molecule has 1 atom stereocenters. The fourth-order valence-electron chi connectivity index (χ4n) is 2.09. The first-order valence-electron chi connectivity index (χ1n) is 5.55. The van der Waals surface area contributed by atoms with Gasteiger partial charge in [0.25, 0.3) is 0 Å². The van der Waals surface area contributed by atoms with E-state index in [1.165, 1.54) is 0 Å². The van der Waals surface area contributed by atoms with Crippen LogP contribution < -0.4 is 0 Å². The Morgan fingerprint density at radius 3 is 2.71 bits per heavy atom. The van der Waals surface area contributed by atoms with Crippen molar-refractivity contribution < 1.29 is 9.84 Å². The molecular weight excluding hydrogens is 176 g/mol. The summed E-state index contributed by atoms with van der Waals surface area (Å²) in [6, 6.07) is 0. The van der Waals surface area contributed by atoms with Crippen molar-refractivity contribution in [1.29, 1.82) is 0 Å². The Bertz CT molecular complexity index is 169. The van der Waals surface area contributed by atoms with E-state index in [2.05, 4.69) is 6.58 Å². The lowest BCUT2D eigenvalue weighted by molar-refractivity contribution is -0.00439. The van der Waals surface area contributed by atoms with Crippen LogP contribution in [0.4, 0.5) is 0 Å². The summed E-state index contributed by atoms with van der Waals surface area (Å²) in [4.78, 5) is 0. The predicted molar refractivity (Wildman–Crippen MR) is 58.2 cm³/mol. The molecule has 0 aliphatic carbocycles. The third kappa shape index (κ3) is 4.25. The van der Waals surface area contributed by atoms with Crippen molar-refractivity contribution in [3.05, 3.63) is 12.7 Å². The van der Waals surface area contributed by atoms with Gasteiger partial charge in [-0.25, -0.2) is 0 Å². The molecule has 1 unspecified atom stereocenters. The van der Waals surface area contributed by atoms with Crippen molar-refractivity contribution in [3.8, 4) is 0 Å². The minimum Gasteiger partial charge on any atom is -0.390 e. The van der Waals surface area contributed by atoms with Crippen LogP contribution in [0.1, 0.15) is 39.0 Å². The van der Waals surface area contributed by atoms with Gasteiger partial charge in [-0.2, -0.15) is 0 Å². The molecule has 0 aromatic rings. The maximum absolute atomic E-state index is 10.1. The van der Waals surface area contributed by atoms with Crippen LogP contribution in [0.3, 0.4) is 0 Å². The highest BCUT2D eigenvalue weighted by molar-refractivity contribution is 4.81. The molecule has 0 aromatic heterocycles.